The molecular weight excluding hydrogens is 649 g/mol. The van der Waals surface area contributed by atoms with Gasteiger partial charge in [-0.2, -0.15) is 0 Å². The van der Waals surface area contributed by atoms with E-state index in [1.54, 1.807) is 0 Å². The van der Waals surface area contributed by atoms with E-state index in [1.165, 1.54) is 77.0 Å². The van der Waals surface area contributed by atoms with E-state index in [2.05, 4.69) is 19.9 Å². The molecule has 0 saturated heterocycles. The Morgan fingerprint density at radius 3 is 1.50 bits per heavy atom. The lowest BCUT2D eigenvalue weighted by atomic mass is 9.87. The van der Waals surface area contributed by atoms with Crippen molar-refractivity contribution in [2.24, 2.45) is 5.16 Å². The van der Waals surface area contributed by atoms with Crippen LogP contribution in [0.3, 0.4) is 0 Å². The minimum atomic E-state index is 0.0117. The summed E-state index contributed by atoms with van der Waals surface area (Å²) in [6.07, 6.45) is 23.2. The number of amides is 2. The van der Waals surface area contributed by atoms with Gasteiger partial charge in [-0.15, -0.1) is 0 Å². The van der Waals surface area contributed by atoms with Crippen LogP contribution in [0.4, 0.5) is 0 Å². The summed E-state index contributed by atoms with van der Waals surface area (Å²) in [5, 5.41) is 15.9. The summed E-state index contributed by atoms with van der Waals surface area (Å²) < 4.78 is 0. The molecule has 4 fully saturated rings. The van der Waals surface area contributed by atoms with Crippen LogP contribution in [0.1, 0.15) is 166 Å². The molecule has 2 N–H and O–H groups in total. The lowest BCUT2D eigenvalue weighted by molar-refractivity contribution is 0.0441. The van der Waals surface area contributed by atoms with Crippen LogP contribution >= 0.6 is 0 Å². The van der Waals surface area contributed by atoms with E-state index < -0.39 is 0 Å². The molecule has 0 unspecified atom stereocenters. The summed E-state index contributed by atoms with van der Waals surface area (Å²) in [4.78, 5) is 42.3. The fourth-order valence-electron chi connectivity index (χ4n) is 10.2. The zero-order chi connectivity index (χ0) is 35.4. The molecule has 0 atom stereocenters. The van der Waals surface area contributed by atoms with E-state index in [-0.39, 0.29) is 24.3 Å². The molecule has 0 spiro atoms. The highest BCUT2D eigenvalue weighted by Crippen LogP contribution is 2.39. The first-order valence-electron chi connectivity index (χ1n) is 20.6. The minimum Gasteiger partial charge on any atom is -0.494 e. The van der Waals surface area contributed by atoms with E-state index in [4.69, 9.17) is 4.84 Å². The molecule has 4 saturated carbocycles. The molecule has 0 bridgehead atoms. The number of H-pyrrole nitrogens is 1. The summed E-state index contributed by atoms with van der Waals surface area (Å²) in [5.74, 6) is 0.243. The van der Waals surface area contributed by atoms with Gasteiger partial charge >= 0.3 is 0 Å². The number of fused-ring (bicyclic) bond motifs is 1. The van der Waals surface area contributed by atoms with Gasteiger partial charge < -0.3 is 24.7 Å². The number of nitrogens with one attached hydrogen (secondary N) is 1. The van der Waals surface area contributed by atoms with E-state index in [9.17, 15) is 14.7 Å². The van der Waals surface area contributed by atoms with Gasteiger partial charge in [-0.25, -0.2) is 0 Å². The molecule has 2 aromatic carbocycles. The summed E-state index contributed by atoms with van der Waals surface area (Å²) in [5.41, 5.74) is 5.53. The Morgan fingerprint density at radius 1 is 0.615 bits per heavy atom. The van der Waals surface area contributed by atoms with Crippen LogP contribution in [0, 0.1) is 0 Å². The second kappa shape index (κ2) is 15.9. The summed E-state index contributed by atoms with van der Waals surface area (Å²) in [6, 6.07) is 16.8. The zero-order valence-electron chi connectivity index (χ0n) is 30.8. The molecule has 1 aromatic heterocycles. The number of carbonyl (C=O) groups excluding carboxylic acids is 2. The van der Waals surface area contributed by atoms with Crippen molar-refractivity contribution in [1.29, 1.82) is 0 Å². The molecule has 2 amide bonds. The van der Waals surface area contributed by atoms with Crippen LogP contribution in [0.2, 0.25) is 0 Å². The molecule has 1 aliphatic heterocycles. The number of carbonyl (C=O) groups is 2. The summed E-state index contributed by atoms with van der Waals surface area (Å²) in [6.45, 7) is 0.190. The predicted molar refractivity (Wildman–Crippen MR) is 205 cm³/mol. The molecule has 8 heteroatoms. The van der Waals surface area contributed by atoms with Crippen molar-refractivity contribution >= 4 is 17.5 Å². The molecule has 4 aliphatic carbocycles. The van der Waals surface area contributed by atoms with E-state index in [1.807, 2.05) is 48.5 Å². The number of aromatic amines is 1. The maximum absolute atomic E-state index is 14.4. The second-order valence-corrected chi connectivity index (χ2v) is 16.2. The molecule has 8 rings (SSSR count). The van der Waals surface area contributed by atoms with Gasteiger partial charge in [-0.1, -0.05) is 106 Å². The first kappa shape index (κ1) is 35.0. The number of oxime groups is 1. The highest BCUT2D eigenvalue weighted by atomic mass is 16.6. The third-order valence-corrected chi connectivity index (χ3v) is 12.8. The fourth-order valence-corrected chi connectivity index (χ4v) is 10.2. The number of nitrogens with zero attached hydrogens (tertiary/aromatic N) is 3. The van der Waals surface area contributed by atoms with Crippen molar-refractivity contribution in [3.63, 3.8) is 0 Å². The van der Waals surface area contributed by atoms with Crippen LogP contribution in [0.25, 0.3) is 11.3 Å². The third kappa shape index (κ3) is 7.14. The lowest BCUT2D eigenvalue weighted by Gasteiger charge is -2.42. The van der Waals surface area contributed by atoms with Crippen molar-refractivity contribution in [1.82, 2.24) is 14.8 Å². The first-order valence-corrected chi connectivity index (χ1v) is 20.6. The normalized spacial score (nSPS) is 20.8. The Bertz CT molecular complexity index is 1720. The van der Waals surface area contributed by atoms with Crippen LogP contribution in [-0.4, -0.2) is 61.6 Å². The quantitative estimate of drug-likeness (QED) is 0.244. The van der Waals surface area contributed by atoms with Gasteiger partial charge in [0.1, 0.15) is 12.3 Å². The average Bonchev–Trinajstić information content (AvgIpc) is 3.56. The molecular formula is C44H56N4O4. The molecule has 5 aliphatic rings. The SMILES string of the molecule is O=C(c1cccc(C2=NOCc3c(-c4cccc(C(=O)N(C5CCCCC5)C5CCCCC5)c4)[nH]c(O)c32)c1)N(C1CCCCC1)C1CCCCC1. The number of rotatable bonds is 8. The summed E-state index contributed by atoms with van der Waals surface area (Å²) >= 11 is 0. The van der Waals surface area contributed by atoms with Gasteiger partial charge in [0.15, 0.2) is 5.88 Å². The average molecular weight is 705 g/mol. The Balaban J connectivity index is 1.08. The van der Waals surface area contributed by atoms with Crippen LogP contribution in [0.5, 0.6) is 5.88 Å². The number of hydrogen-bond acceptors (Lipinski definition) is 5. The van der Waals surface area contributed by atoms with E-state index in [0.29, 0.717) is 46.6 Å². The Labute approximate surface area is 309 Å². The summed E-state index contributed by atoms with van der Waals surface area (Å²) in [7, 11) is 0. The van der Waals surface area contributed by atoms with Crippen molar-refractivity contribution in [3.05, 3.63) is 76.3 Å². The Kier molecular flexibility index (Phi) is 10.7. The number of benzene rings is 2. The number of aromatic nitrogens is 1. The van der Waals surface area contributed by atoms with E-state index >= 15 is 0 Å². The van der Waals surface area contributed by atoms with Gasteiger partial charge in [-0.3, -0.25) is 9.59 Å². The maximum Gasteiger partial charge on any atom is 0.254 e. The van der Waals surface area contributed by atoms with Crippen LogP contribution < -0.4 is 0 Å². The highest BCUT2D eigenvalue weighted by Gasteiger charge is 2.36. The Morgan fingerprint density at radius 2 is 1.04 bits per heavy atom. The largest absolute Gasteiger partial charge is 0.494 e. The van der Waals surface area contributed by atoms with Crippen molar-refractivity contribution < 1.29 is 19.5 Å². The number of aromatic hydroxyl groups is 1. The van der Waals surface area contributed by atoms with Crippen LogP contribution in [0.15, 0.2) is 53.7 Å². The van der Waals surface area contributed by atoms with Gasteiger partial charge in [0.25, 0.3) is 11.8 Å². The molecule has 8 nitrogen and oxygen atoms in total. The van der Waals surface area contributed by atoms with Gasteiger partial charge in [-0.05, 0) is 81.2 Å². The smallest absolute Gasteiger partial charge is 0.254 e. The fraction of sp³-hybridized carbons (Fsp3) is 0.568. The van der Waals surface area contributed by atoms with Crippen molar-refractivity contribution in [2.75, 3.05) is 0 Å². The lowest BCUT2D eigenvalue weighted by Crippen LogP contribution is -2.48. The maximum atomic E-state index is 14.4. The molecule has 2 heterocycles. The monoisotopic (exact) mass is 704 g/mol. The molecule has 276 valence electrons. The molecule has 52 heavy (non-hydrogen) atoms. The Hall–Kier alpha value is -4.07. The molecule has 3 aromatic rings. The van der Waals surface area contributed by atoms with Crippen molar-refractivity contribution in [2.45, 2.75) is 159 Å². The first-order chi connectivity index (χ1) is 25.6. The highest BCUT2D eigenvalue weighted by molar-refractivity contribution is 6.17. The second-order valence-electron chi connectivity index (χ2n) is 16.2. The van der Waals surface area contributed by atoms with Gasteiger partial charge in [0.2, 0.25) is 0 Å². The van der Waals surface area contributed by atoms with E-state index in [0.717, 1.165) is 73.8 Å². The predicted octanol–water partition coefficient (Wildman–Crippen LogP) is 9.89. The third-order valence-electron chi connectivity index (χ3n) is 12.8. The minimum absolute atomic E-state index is 0.0117. The van der Waals surface area contributed by atoms with Gasteiger partial charge in [0.05, 0.1) is 11.3 Å². The number of hydrogen-bond donors (Lipinski definition) is 2. The molecule has 0 radical (unpaired) electrons. The zero-order valence-corrected chi connectivity index (χ0v) is 30.8. The standard InChI is InChI=1S/C44H56N4O4/c49-42-39-38(40(45-42)30-15-13-17-32(27-30)43(50)47(34-19-5-1-6-20-34)35-21-7-2-8-22-35)29-52-46-41(39)31-16-14-18-33(28-31)44(51)48(36-23-9-3-10-24-36)37-25-11-4-12-26-37/h13-18,27-28,34-37,45,49H,1-12,19-26,29H2. The van der Waals surface area contributed by atoms with Crippen molar-refractivity contribution in [3.8, 4) is 17.1 Å². The topological polar surface area (TPSA) is 98.2 Å². The van der Waals surface area contributed by atoms with Gasteiger partial charge in [0, 0.05) is 46.4 Å². The van der Waals surface area contributed by atoms with Crippen LogP contribution in [-0.2, 0) is 11.4 Å².